The summed E-state index contributed by atoms with van der Waals surface area (Å²) >= 11 is 0. The molecular formula is C17H23N3O. The van der Waals surface area contributed by atoms with Gasteiger partial charge in [0.1, 0.15) is 12.4 Å². The summed E-state index contributed by atoms with van der Waals surface area (Å²) in [5.74, 6) is 0.826. The lowest BCUT2D eigenvalue weighted by Gasteiger charge is -2.12. The van der Waals surface area contributed by atoms with E-state index in [1.807, 2.05) is 44.2 Å². The molecule has 0 saturated carbocycles. The summed E-state index contributed by atoms with van der Waals surface area (Å²) in [6, 6.07) is 9.92. The first-order valence-corrected chi connectivity index (χ1v) is 7.41. The van der Waals surface area contributed by atoms with E-state index in [1.54, 1.807) is 0 Å². The van der Waals surface area contributed by atoms with Gasteiger partial charge in [0, 0.05) is 17.9 Å². The van der Waals surface area contributed by atoms with Crippen LogP contribution in [0, 0.1) is 13.8 Å². The maximum Gasteiger partial charge on any atom is 0.142 e. The molecule has 0 unspecified atom stereocenters. The third kappa shape index (κ3) is 4.83. The van der Waals surface area contributed by atoms with Crippen LogP contribution in [0.3, 0.4) is 0 Å². The Morgan fingerprint density at radius 2 is 1.86 bits per heavy atom. The first kappa shape index (κ1) is 15.4. The highest BCUT2D eigenvalue weighted by molar-refractivity contribution is 5.29. The Morgan fingerprint density at radius 3 is 2.62 bits per heavy atom. The van der Waals surface area contributed by atoms with E-state index < -0.39 is 0 Å². The molecule has 2 aromatic heterocycles. The quantitative estimate of drug-likeness (QED) is 0.794. The predicted octanol–water partition coefficient (Wildman–Crippen LogP) is 3.17. The van der Waals surface area contributed by atoms with Gasteiger partial charge >= 0.3 is 0 Å². The molecule has 21 heavy (non-hydrogen) atoms. The van der Waals surface area contributed by atoms with Gasteiger partial charge in [-0.3, -0.25) is 9.97 Å². The second-order valence-corrected chi connectivity index (χ2v) is 5.13. The van der Waals surface area contributed by atoms with Crippen molar-refractivity contribution in [1.29, 1.82) is 0 Å². The molecule has 0 radical (unpaired) electrons. The van der Waals surface area contributed by atoms with Crippen LogP contribution in [-0.2, 0) is 13.2 Å². The van der Waals surface area contributed by atoms with Crippen LogP contribution >= 0.6 is 0 Å². The summed E-state index contributed by atoms with van der Waals surface area (Å²) in [7, 11) is 0. The fraction of sp³-hybridized carbons (Fsp3) is 0.412. The highest BCUT2D eigenvalue weighted by atomic mass is 16.5. The molecule has 2 rings (SSSR count). The second kappa shape index (κ2) is 7.74. The number of pyridine rings is 2. The number of nitrogens with zero attached hydrogens (tertiary/aromatic N) is 2. The summed E-state index contributed by atoms with van der Waals surface area (Å²) in [5, 5.41) is 3.37. The van der Waals surface area contributed by atoms with Gasteiger partial charge in [-0.15, -0.1) is 0 Å². The Kier molecular flexibility index (Phi) is 5.69. The topological polar surface area (TPSA) is 47.0 Å². The minimum Gasteiger partial charge on any atom is -0.485 e. The number of hydrogen-bond donors (Lipinski definition) is 1. The van der Waals surface area contributed by atoms with Crippen LogP contribution in [-0.4, -0.2) is 16.5 Å². The van der Waals surface area contributed by atoms with E-state index in [4.69, 9.17) is 4.74 Å². The van der Waals surface area contributed by atoms with Gasteiger partial charge in [-0.25, -0.2) is 0 Å². The van der Waals surface area contributed by atoms with Crippen LogP contribution in [0.4, 0.5) is 0 Å². The maximum absolute atomic E-state index is 5.90. The fourth-order valence-electron chi connectivity index (χ4n) is 2.07. The van der Waals surface area contributed by atoms with Crippen molar-refractivity contribution in [2.75, 3.05) is 6.54 Å². The molecule has 0 aliphatic heterocycles. The number of rotatable bonds is 7. The Balaban J connectivity index is 2.04. The van der Waals surface area contributed by atoms with Crippen molar-refractivity contribution in [2.45, 2.75) is 40.3 Å². The Labute approximate surface area is 126 Å². The van der Waals surface area contributed by atoms with Crippen LogP contribution in [0.25, 0.3) is 0 Å². The van der Waals surface area contributed by atoms with Crippen molar-refractivity contribution in [3.63, 3.8) is 0 Å². The molecule has 0 aliphatic rings. The highest BCUT2D eigenvalue weighted by Gasteiger charge is 2.06. The Bertz CT molecular complexity index is 584. The van der Waals surface area contributed by atoms with Crippen LogP contribution < -0.4 is 10.1 Å². The van der Waals surface area contributed by atoms with Crippen LogP contribution in [0.15, 0.2) is 30.3 Å². The van der Waals surface area contributed by atoms with E-state index in [9.17, 15) is 0 Å². The molecule has 4 heteroatoms. The van der Waals surface area contributed by atoms with Gasteiger partial charge < -0.3 is 10.1 Å². The molecule has 0 atom stereocenters. The zero-order chi connectivity index (χ0) is 15.1. The summed E-state index contributed by atoms with van der Waals surface area (Å²) in [6.07, 6.45) is 1.11. The third-order valence-corrected chi connectivity index (χ3v) is 3.11. The van der Waals surface area contributed by atoms with Crippen molar-refractivity contribution in [2.24, 2.45) is 0 Å². The third-order valence-electron chi connectivity index (χ3n) is 3.11. The van der Waals surface area contributed by atoms with Gasteiger partial charge in [0.25, 0.3) is 0 Å². The SMILES string of the molecule is CCCNCc1nc(C)ccc1OCc1cccc(C)n1. The fourth-order valence-corrected chi connectivity index (χ4v) is 2.07. The number of nitrogens with one attached hydrogen (secondary N) is 1. The van der Waals surface area contributed by atoms with Gasteiger partial charge in [0.15, 0.2) is 0 Å². The number of ether oxygens (including phenoxy) is 1. The molecule has 112 valence electrons. The maximum atomic E-state index is 5.90. The Morgan fingerprint density at radius 1 is 1.05 bits per heavy atom. The largest absolute Gasteiger partial charge is 0.485 e. The molecular weight excluding hydrogens is 262 g/mol. The lowest BCUT2D eigenvalue weighted by molar-refractivity contribution is 0.295. The average Bonchev–Trinajstić information content (AvgIpc) is 2.47. The van der Waals surface area contributed by atoms with E-state index in [1.165, 1.54) is 0 Å². The van der Waals surface area contributed by atoms with Crippen LogP contribution in [0.5, 0.6) is 5.75 Å². The molecule has 0 spiro atoms. The monoisotopic (exact) mass is 285 g/mol. The molecule has 0 fully saturated rings. The summed E-state index contributed by atoms with van der Waals surface area (Å²) in [4.78, 5) is 9.02. The zero-order valence-electron chi connectivity index (χ0n) is 13.0. The molecule has 0 bridgehead atoms. The number of aryl methyl sites for hydroxylation is 2. The summed E-state index contributed by atoms with van der Waals surface area (Å²) < 4.78 is 5.90. The molecule has 2 aromatic rings. The molecule has 4 nitrogen and oxygen atoms in total. The van der Waals surface area contributed by atoms with Gasteiger partial charge in [-0.2, -0.15) is 0 Å². The minimum absolute atomic E-state index is 0.465. The first-order chi connectivity index (χ1) is 10.2. The number of aromatic nitrogens is 2. The molecule has 0 aromatic carbocycles. The molecule has 0 amide bonds. The Hall–Kier alpha value is -1.94. The van der Waals surface area contributed by atoms with Crippen molar-refractivity contribution in [3.05, 3.63) is 53.1 Å². The van der Waals surface area contributed by atoms with E-state index in [0.29, 0.717) is 6.61 Å². The average molecular weight is 285 g/mol. The van der Waals surface area contributed by atoms with Gasteiger partial charge in [0.05, 0.1) is 11.4 Å². The van der Waals surface area contributed by atoms with Crippen molar-refractivity contribution in [3.8, 4) is 5.75 Å². The number of hydrogen-bond acceptors (Lipinski definition) is 4. The summed E-state index contributed by atoms with van der Waals surface area (Å²) in [5.41, 5.74) is 3.89. The van der Waals surface area contributed by atoms with E-state index >= 15 is 0 Å². The predicted molar refractivity (Wildman–Crippen MR) is 84.3 cm³/mol. The van der Waals surface area contributed by atoms with E-state index in [2.05, 4.69) is 22.2 Å². The smallest absolute Gasteiger partial charge is 0.142 e. The van der Waals surface area contributed by atoms with Gasteiger partial charge in [-0.05, 0) is 51.1 Å². The normalized spacial score (nSPS) is 10.6. The lowest BCUT2D eigenvalue weighted by atomic mass is 10.2. The molecule has 0 aliphatic carbocycles. The second-order valence-electron chi connectivity index (χ2n) is 5.13. The van der Waals surface area contributed by atoms with Gasteiger partial charge in [0.2, 0.25) is 0 Å². The van der Waals surface area contributed by atoms with E-state index in [0.717, 1.165) is 48.0 Å². The van der Waals surface area contributed by atoms with Crippen LogP contribution in [0.2, 0.25) is 0 Å². The zero-order valence-corrected chi connectivity index (χ0v) is 13.0. The highest BCUT2D eigenvalue weighted by Crippen LogP contribution is 2.18. The van der Waals surface area contributed by atoms with Gasteiger partial charge in [-0.1, -0.05) is 13.0 Å². The first-order valence-electron chi connectivity index (χ1n) is 7.41. The van der Waals surface area contributed by atoms with Crippen LogP contribution in [0.1, 0.15) is 36.1 Å². The van der Waals surface area contributed by atoms with Crippen molar-refractivity contribution < 1.29 is 4.74 Å². The molecule has 1 N–H and O–H groups in total. The standard InChI is InChI=1S/C17H23N3O/c1-4-10-18-11-16-17(9-8-14(3)20-16)21-12-15-7-5-6-13(2)19-15/h5-9,18H,4,10-12H2,1-3H3. The molecule has 0 saturated heterocycles. The van der Waals surface area contributed by atoms with E-state index in [-0.39, 0.29) is 0 Å². The van der Waals surface area contributed by atoms with Crippen molar-refractivity contribution in [1.82, 2.24) is 15.3 Å². The van der Waals surface area contributed by atoms with Crippen molar-refractivity contribution >= 4 is 0 Å². The minimum atomic E-state index is 0.465. The lowest BCUT2D eigenvalue weighted by Crippen LogP contribution is -2.16. The summed E-state index contributed by atoms with van der Waals surface area (Å²) in [6.45, 7) is 8.30. The molecule has 2 heterocycles.